The van der Waals surface area contributed by atoms with Crippen LogP contribution in [0, 0.1) is 0 Å². The Labute approximate surface area is 95.2 Å². The lowest BCUT2D eigenvalue weighted by molar-refractivity contribution is 0.281. The Bertz CT molecular complexity index is 441. The predicted molar refractivity (Wildman–Crippen MR) is 58.9 cm³/mol. The highest BCUT2D eigenvalue weighted by Gasteiger charge is 2.01. The lowest BCUT2D eigenvalue weighted by Gasteiger charge is -1.99. The second-order valence-electron chi connectivity index (χ2n) is 2.93. The summed E-state index contributed by atoms with van der Waals surface area (Å²) in [5.41, 5.74) is 1.40. The molecule has 0 amide bonds. The van der Waals surface area contributed by atoms with Crippen LogP contribution in [0.25, 0.3) is 11.5 Å². The minimum Gasteiger partial charge on any atom is -0.392 e. The molecular formula is C10H8BrN3O. The number of aromatic nitrogens is 3. The Balaban J connectivity index is 2.33. The standard InChI is InChI=1S/C10H8BrN3O/c11-8-1-2-9(12-5-8)10-13-3-7(6-15)4-14-10/h1-5,15H,6H2. The maximum absolute atomic E-state index is 8.83. The van der Waals surface area contributed by atoms with Gasteiger partial charge in [0.2, 0.25) is 0 Å². The number of hydrogen-bond acceptors (Lipinski definition) is 4. The monoisotopic (exact) mass is 265 g/mol. The molecule has 4 nitrogen and oxygen atoms in total. The van der Waals surface area contributed by atoms with Gasteiger partial charge in [-0.3, -0.25) is 4.98 Å². The third-order valence-corrected chi connectivity index (χ3v) is 2.31. The molecule has 0 atom stereocenters. The summed E-state index contributed by atoms with van der Waals surface area (Å²) in [5, 5.41) is 8.83. The maximum Gasteiger partial charge on any atom is 0.178 e. The van der Waals surface area contributed by atoms with Crippen LogP contribution in [0.3, 0.4) is 0 Å². The van der Waals surface area contributed by atoms with Crippen molar-refractivity contribution in [3.8, 4) is 11.5 Å². The first-order chi connectivity index (χ1) is 7.29. The molecule has 0 aliphatic heterocycles. The fraction of sp³-hybridized carbons (Fsp3) is 0.100. The van der Waals surface area contributed by atoms with Gasteiger partial charge in [-0.2, -0.15) is 0 Å². The van der Waals surface area contributed by atoms with Gasteiger partial charge in [0.15, 0.2) is 5.82 Å². The molecule has 0 spiro atoms. The largest absolute Gasteiger partial charge is 0.392 e. The topological polar surface area (TPSA) is 58.9 Å². The van der Waals surface area contributed by atoms with Gasteiger partial charge in [0.05, 0.1) is 6.61 Å². The zero-order valence-electron chi connectivity index (χ0n) is 7.76. The van der Waals surface area contributed by atoms with Gasteiger partial charge in [0, 0.05) is 28.6 Å². The van der Waals surface area contributed by atoms with E-state index in [4.69, 9.17) is 5.11 Å². The highest BCUT2D eigenvalue weighted by molar-refractivity contribution is 9.10. The van der Waals surface area contributed by atoms with E-state index >= 15 is 0 Å². The van der Waals surface area contributed by atoms with E-state index < -0.39 is 0 Å². The first-order valence-electron chi connectivity index (χ1n) is 4.33. The van der Waals surface area contributed by atoms with Crippen molar-refractivity contribution in [1.29, 1.82) is 0 Å². The molecule has 5 heteroatoms. The first kappa shape index (κ1) is 10.2. The molecule has 0 radical (unpaired) electrons. The molecule has 15 heavy (non-hydrogen) atoms. The van der Waals surface area contributed by atoms with Gasteiger partial charge in [-0.15, -0.1) is 0 Å². The molecule has 0 fully saturated rings. The molecule has 2 heterocycles. The van der Waals surface area contributed by atoms with Crippen molar-refractivity contribution in [3.05, 3.63) is 40.8 Å². The van der Waals surface area contributed by atoms with Gasteiger partial charge in [-0.05, 0) is 28.1 Å². The van der Waals surface area contributed by atoms with E-state index in [1.807, 2.05) is 12.1 Å². The second-order valence-corrected chi connectivity index (χ2v) is 3.85. The summed E-state index contributed by atoms with van der Waals surface area (Å²) in [5.74, 6) is 0.555. The first-order valence-corrected chi connectivity index (χ1v) is 5.12. The Morgan fingerprint density at radius 2 is 1.80 bits per heavy atom. The molecule has 0 aliphatic carbocycles. The van der Waals surface area contributed by atoms with Gasteiger partial charge in [0.1, 0.15) is 5.69 Å². The zero-order valence-corrected chi connectivity index (χ0v) is 9.35. The fourth-order valence-electron chi connectivity index (χ4n) is 1.08. The molecule has 2 aromatic rings. The quantitative estimate of drug-likeness (QED) is 0.900. The number of rotatable bonds is 2. The highest BCUT2D eigenvalue weighted by atomic mass is 79.9. The summed E-state index contributed by atoms with van der Waals surface area (Å²) in [6.07, 6.45) is 4.87. The van der Waals surface area contributed by atoms with Crippen LogP contribution in [0.5, 0.6) is 0 Å². The summed E-state index contributed by atoms with van der Waals surface area (Å²) in [6, 6.07) is 3.71. The van der Waals surface area contributed by atoms with Crippen LogP contribution in [-0.2, 0) is 6.61 Å². The third kappa shape index (κ3) is 2.37. The maximum atomic E-state index is 8.83. The lowest BCUT2D eigenvalue weighted by atomic mass is 10.3. The SMILES string of the molecule is OCc1cnc(-c2ccc(Br)cn2)nc1. The van der Waals surface area contributed by atoms with Crippen molar-refractivity contribution in [3.63, 3.8) is 0 Å². The Morgan fingerprint density at radius 1 is 1.07 bits per heavy atom. The summed E-state index contributed by atoms with van der Waals surface area (Å²) in [4.78, 5) is 12.4. The Morgan fingerprint density at radius 3 is 2.33 bits per heavy atom. The predicted octanol–water partition coefficient (Wildman–Crippen LogP) is 1.79. The van der Waals surface area contributed by atoms with E-state index in [0.29, 0.717) is 17.1 Å². The van der Waals surface area contributed by atoms with Gasteiger partial charge in [-0.25, -0.2) is 9.97 Å². The van der Waals surface area contributed by atoms with Crippen molar-refractivity contribution in [2.24, 2.45) is 0 Å². The van der Waals surface area contributed by atoms with Crippen molar-refractivity contribution in [2.45, 2.75) is 6.61 Å². The van der Waals surface area contributed by atoms with Gasteiger partial charge >= 0.3 is 0 Å². The molecule has 76 valence electrons. The molecule has 0 unspecified atom stereocenters. The van der Waals surface area contributed by atoms with Crippen LogP contribution in [0.1, 0.15) is 5.56 Å². The van der Waals surface area contributed by atoms with Crippen LogP contribution in [0.2, 0.25) is 0 Å². The van der Waals surface area contributed by atoms with E-state index in [1.54, 1.807) is 18.6 Å². The molecule has 0 aliphatic rings. The van der Waals surface area contributed by atoms with E-state index in [-0.39, 0.29) is 6.61 Å². The molecule has 2 aromatic heterocycles. The lowest BCUT2D eigenvalue weighted by Crippen LogP contribution is -1.93. The average Bonchev–Trinajstić information content (AvgIpc) is 2.30. The van der Waals surface area contributed by atoms with Gasteiger partial charge in [-0.1, -0.05) is 0 Å². The van der Waals surface area contributed by atoms with Crippen molar-refractivity contribution in [1.82, 2.24) is 15.0 Å². The summed E-state index contributed by atoms with van der Waals surface area (Å²) >= 11 is 3.30. The number of nitrogens with zero attached hydrogens (tertiary/aromatic N) is 3. The average molecular weight is 266 g/mol. The molecule has 2 rings (SSSR count). The van der Waals surface area contributed by atoms with Crippen molar-refractivity contribution >= 4 is 15.9 Å². The van der Waals surface area contributed by atoms with Crippen LogP contribution in [0.15, 0.2) is 35.2 Å². The summed E-state index contributed by atoms with van der Waals surface area (Å²) in [7, 11) is 0. The second kappa shape index (κ2) is 4.46. The summed E-state index contributed by atoms with van der Waals surface area (Å²) in [6.45, 7) is -0.0476. The number of aliphatic hydroxyl groups is 1. The smallest absolute Gasteiger partial charge is 0.178 e. The van der Waals surface area contributed by atoms with E-state index in [1.165, 1.54) is 0 Å². The third-order valence-electron chi connectivity index (χ3n) is 1.84. The number of pyridine rings is 1. The zero-order chi connectivity index (χ0) is 10.7. The number of halogens is 1. The molecule has 0 saturated carbocycles. The van der Waals surface area contributed by atoms with Crippen LogP contribution in [-0.4, -0.2) is 20.1 Å². The van der Waals surface area contributed by atoms with Crippen LogP contribution in [0.4, 0.5) is 0 Å². The van der Waals surface area contributed by atoms with Crippen molar-refractivity contribution in [2.75, 3.05) is 0 Å². The van der Waals surface area contributed by atoms with Gasteiger partial charge in [0.25, 0.3) is 0 Å². The molecule has 0 bridgehead atoms. The van der Waals surface area contributed by atoms with E-state index in [2.05, 4.69) is 30.9 Å². The Kier molecular flexibility index (Phi) is 3.03. The molecule has 0 saturated heterocycles. The Hall–Kier alpha value is -1.33. The fourth-order valence-corrected chi connectivity index (χ4v) is 1.31. The molecule has 0 aromatic carbocycles. The molecular weight excluding hydrogens is 258 g/mol. The minimum absolute atomic E-state index is 0.0476. The number of hydrogen-bond donors (Lipinski definition) is 1. The van der Waals surface area contributed by atoms with Crippen LogP contribution < -0.4 is 0 Å². The summed E-state index contributed by atoms with van der Waals surface area (Å²) < 4.78 is 0.915. The molecule has 1 N–H and O–H groups in total. The highest BCUT2D eigenvalue weighted by Crippen LogP contribution is 2.14. The number of aliphatic hydroxyl groups excluding tert-OH is 1. The minimum atomic E-state index is -0.0476. The van der Waals surface area contributed by atoms with E-state index in [9.17, 15) is 0 Å². The van der Waals surface area contributed by atoms with Crippen LogP contribution >= 0.6 is 15.9 Å². The van der Waals surface area contributed by atoms with Crippen molar-refractivity contribution < 1.29 is 5.11 Å². The van der Waals surface area contributed by atoms with Gasteiger partial charge < -0.3 is 5.11 Å². The normalized spacial score (nSPS) is 10.3. The van der Waals surface area contributed by atoms with E-state index in [0.717, 1.165) is 4.47 Å².